The minimum Gasteiger partial charge on any atom is -0.485 e. The molecule has 0 radical (unpaired) electrons. The number of aliphatic hydroxyl groups is 1. The molecule has 0 saturated carbocycles. The first-order valence-electron chi connectivity index (χ1n) is 5.94. The van der Waals surface area contributed by atoms with Crippen molar-refractivity contribution < 1.29 is 9.84 Å². The molecule has 0 aliphatic carbocycles. The predicted octanol–water partition coefficient (Wildman–Crippen LogP) is 2.52. The molecule has 0 amide bonds. The lowest BCUT2D eigenvalue weighted by Gasteiger charge is -2.13. The maximum atomic E-state index is 9.75. The molecule has 1 heterocycles. The first-order valence-corrected chi connectivity index (χ1v) is 6.73. The summed E-state index contributed by atoms with van der Waals surface area (Å²) in [5.74, 6) is 2.24. The summed E-state index contributed by atoms with van der Waals surface area (Å²) in [6.45, 7) is 3.91. The van der Waals surface area contributed by atoms with Crippen LogP contribution in [0.4, 0.5) is 0 Å². The van der Waals surface area contributed by atoms with Crippen molar-refractivity contribution in [1.29, 1.82) is 0 Å². The van der Waals surface area contributed by atoms with Gasteiger partial charge in [-0.2, -0.15) is 0 Å². The number of rotatable bonds is 4. The van der Waals surface area contributed by atoms with Gasteiger partial charge in [0.1, 0.15) is 18.2 Å². The van der Waals surface area contributed by atoms with Gasteiger partial charge in [-0.3, -0.25) is 0 Å². The van der Waals surface area contributed by atoms with Crippen LogP contribution >= 0.6 is 15.9 Å². The van der Waals surface area contributed by atoms with Crippen LogP contribution in [0.2, 0.25) is 0 Å². The number of nitrogens with zero attached hydrogens (tertiary/aromatic N) is 3. The summed E-state index contributed by atoms with van der Waals surface area (Å²) in [7, 11) is 1.89. The Hall–Kier alpha value is -1.40. The number of hydrogen-bond acceptors (Lipinski definition) is 4. The number of halogens is 1. The monoisotopic (exact) mass is 325 g/mol. The quantitative estimate of drug-likeness (QED) is 0.938. The molecule has 2 aromatic rings. The first-order chi connectivity index (χ1) is 8.99. The van der Waals surface area contributed by atoms with Gasteiger partial charge in [0.15, 0.2) is 5.82 Å². The van der Waals surface area contributed by atoms with Crippen LogP contribution in [-0.2, 0) is 13.7 Å². The van der Waals surface area contributed by atoms with Crippen LogP contribution in [0.25, 0.3) is 0 Å². The Morgan fingerprint density at radius 2 is 2.16 bits per heavy atom. The van der Waals surface area contributed by atoms with Crippen molar-refractivity contribution in [3.8, 4) is 5.75 Å². The molecule has 0 spiro atoms. The molecule has 0 aliphatic rings. The second-order valence-electron chi connectivity index (χ2n) is 4.37. The molecule has 0 bridgehead atoms. The van der Waals surface area contributed by atoms with Gasteiger partial charge in [0.05, 0.1) is 6.10 Å². The highest BCUT2D eigenvalue weighted by Gasteiger charge is 2.12. The molecule has 1 N–H and O–H groups in total. The average molecular weight is 326 g/mol. The van der Waals surface area contributed by atoms with E-state index < -0.39 is 6.10 Å². The zero-order valence-corrected chi connectivity index (χ0v) is 12.7. The summed E-state index contributed by atoms with van der Waals surface area (Å²) in [5, 5.41) is 17.8. The van der Waals surface area contributed by atoms with Crippen LogP contribution in [0.15, 0.2) is 22.7 Å². The lowest BCUT2D eigenvalue weighted by atomic mass is 10.1. The SMILES string of the molecule is Cc1nnc(COc2ccc(Br)cc2[C@H](C)O)n1C. The molecule has 0 saturated heterocycles. The molecule has 102 valence electrons. The summed E-state index contributed by atoms with van der Waals surface area (Å²) in [6.07, 6.45) is -0.589. The van der Waals surface area contributed by atoms with Crippen LogP contribution in [0.3, 0.4) is 0 Å². The summed E-state index contributed by atoms with van der Waals surface area (Å²) in [4.78, 5) is 0. The second-order valence-corrected chi connectivity index (χ2v) is 5.28. The van der Waals surface area contributed by atoms with Crippen LogP contribution in [0.1, 0.15) is 30.2 Å². The molecule has 0 fully saturated rings. The highest BCUT2D eigenvalue weighted by molar-refractivity contribution is 9.10. The van der Waals surface area contributed by atoms with E-state index in [2.05, 4.69) is 26.1 Å². The molecule has 1 atom stereocenters. The molecule has 1 aromatic carbocycles. The molecular formula is C13H16BrN3O2. The van der Waals surface area contributed by atoms with E-state index in [0.29, 0.717) is 12.4 Å². The van der Waals surface area contributed by atoms with Crippen LogP contribution < -0.4 is 4.74 Å². The van der Waals surface area contributed by atoms with Crippen LogP contribution in [0.5, 0.6) is 5.75 Å². The summed E-state index contributed by atoms with van der Waals surface area (Å²) in [6, 6.07) is 5.56. The van der Waals surface area contributed by atoms with E-state index in [0.717, 1.165) is 21.7 Å². The largest absolute Gasteiger partial charge is 0.485 e. The van der Waals surface area contributed by atoms with E-state index >= 15 is 0 Å². The highest BCUT2D eigenvalue weighted by Crippen LogP contribution is 2.28. The Balaban J connectivity index is 2.17. The lowest BCUT2D eigenvalue weighted by molar-refractivity contribution is 0.189. The van der Waals surface area contributed by atoms with Crippen molar-refractivity contribution in [3.05, 3.63) is 39.9 Å². The second kappa shape index (κ2) is 5.71. The van der Waals surface area contributed by atoms with Crippen molar-refractivity contribution in [2.24, 2.45) is 7.05 Å². The number of benzene rings is 1. The number of aryl methyl sites for hydroxylation is 1. The Labute approximate surface area is 120 Å². The van der Waals surface area contributed by atoms with E-state index in [-0.39, 0.29) is 0 Å². The zero-order valence-electron chi connectivity index (χ0n) is 11.1. The lowest BCUT2D eigenvalue weighted by Crippen LogP contribution is -2.06. The normalized spacial score (nSPS) is 12.5. The van der Waals surface area contributed by atoms with Gasteiger partial charge in [-0.05, 0) is 32.0 Å². The van der Waals surface area contributed by atoms with Crippen molar-refractivity contribution in [1.82, 2.24) is 14.8 Å². The highest BCUT2D eigenvalue weighted by atomic mass is 79.9. The maximum Gasteiger partial charge on any atom is 0.170 e. The van der Waals surface area contributed by atoms with Crippen LogP contribution in [-0.4, -0.2) is 19.9 Å². The molecule has 0 unspecified atom stereocenters. The fourth-order valence-corrected chi connectivity index (χ4v) is 2.08. The summed E-state index contributed by atoms with van der Waals surface area (Å²) in [5.41, 5.74) is 0.744. The predicted molar refractivity (Wildman–Crippen MR) is 74.8 cm³/mol. The third-order valence-electron chi connectivity index (χ3n) is 2.96. The maximum absolute atomic E-state index is 9.75. The molecule has 6 heteroatoms. The van der Waals surface area contributed by atoms with E-state index in [1.165, 1.54) is 0 Å². The Bertz CT molecular complexity index is 581. The molecule has 5 nitrogen and oxygen atoms in total. The van der Waals surface area contributed by atoms with Gasteiger partial charge in [-0.25, -0.2) is 0 Å². The fourth-order valence-electron chi connectivity index (χ4n) is 1.70. The van der Waals surface area contributed by atoms with E-state index in [9.17, 15) is 5.11 Å². The van der Waals surface area contributed by atoms with Crippen molar-refractivity contribution in [3.63, 3.8) is 0 Å². The number of hydrogen-bond donors (Lipinski definition) is 1. The molecular weight excluding hydrogens is 310 g/mol. The number of ether oxygens (including phenoxy) is 1. The summed E-state index contributed by atoms with van der Waals surface area (Å²) < 4.78 is 8.51. The van der Waals surface area contributed by atoms with Crippen molar-refractivity contribution >= 4 is 15.9 Å². The van der Waals surface area contributed by atoms with Gasteiger partial charge in [0, 0.05) is 17.1 Å². The molecule has 2 rings (SSSR count). The summed E-state index contributed by atoms with van der Waals surface area (Å²) >= 11 is 3.38. The third kappa shape index (κ3) is 3.13. The topological polar surface area (TPSA) is 60.2 Å². The smallest absolute Gasteiger partial charge is 0.170 e. The van der Waals surface area contributed by atoms with Crippen LogP contribution in [0, 0.1) is 6.92 Å². The third-order valence-corrected chi connectivity index (χ3v) is 3.45. The molecule has 0 aliphatic heterocycles. The van der Waals surface area contributed by atoms with Gasteiger partial charge in [-0.15, -0.1) is 10.2 Å². The number of aliphatic hydroxyl groups excluding tert-OH is 1. The van der Waals surface area contributed by atoms with E-state index in [1.54, 1.807) is 6.92 Å². The zero-order chi connectivity index (χ0) is 14.0. The van der Waals surface area contributed by atoms with Gasteiger partial charge in [0.2, 0.25) is 0 Å². The van der Waals surface area contributed by atoms with E-state index in [4.69, 9.17) is 4.74 Å². The Kier molecular flexibility index (Phi) is 4.21. The standard InChI is InChI=1S/C13H16BrN3O2/c1-8(18)11-6-10(14)4-5-12(11)19-7-13-16-15-9(2)17(13)3/h4-6,8,18H,7H2,1-3H3/t8-/m0/s1. The molecule has 1 aromatic heterocycles. The first kappa shape index (κ1) is 14.0. The van der Waals surface area contributed by atoms with E-state index in [1.807, 2.05) is 36.7 Å². The van der Waals surface area contributed by atoms with Gasteiger partial charge < -0.3 is 14.4 Å². The van der Waals surface area contributed by atoms with Crippen molar-refractivity contribution in [2.45, 2.75) is 26.6 Å². The molecule has 19 heavy (non-hydrogen) atoms. The Morgan fingerprint density at radius 3 is 2.74 bits per heavy atom. The number of aromatic nitrogens is 3. The minimum atomic E-state index is -0.589. The average Bonchev–Trinajstić information content (AvgIpc) is 2.68. The minimum absolute atomic E-state index is 0.318. The van der Waals surface area contributed by atoms with Gasteiger partial charge in [-0.1, -0.05) is 15.9 Å². The van der Waals surface area contributed by atoms with Gasteiger partial charge >= 0.3 is 0 Å². The Morgan fingerprint density at radius 1 is 1.42 bits per heavy atom. The fraction of sp³-hybridized carbons (Fsp3) is 0.385. The van der Waals surface area contributed by atoms with Gasteiger partial charge in [0.25, 0.3) is 0 Å². The van der Waals surface area contributed by atoms with Crippen molar-refractivity contribution in [2.75, 3.05) is 0 Å².